The molecule has 2 heterocycles. The Morgan fingerprint density at radius 2 is 1.75 bits per heavy atom. The zero-order valence-electron chi connectivity index (χ0n) is 13.7. The predicted molar refractivity (Wildman–Crippen MR) is 95.9 cm³/mol. The molecule has 28 heavy (non-hydrogen) atoms. The summed E-state index contributed by atoms with van der Waals surface area (Å²) in [6, 6.07) is 6.25. The fraction of sp³-hybridized carbons (Fsp3) is 0.0625. The van der Waals surface area contributed by atoms with Gasteiger partial charge in [-0.15, -0.1) is 0 Å². The predicted octanol–water partition coefficient (Wildman–Crippen LogP) is 4.94. The van der Waals surface area contributed by atoms with Crippen LogP contribution in [0.4, 0.5) is 41.9 Å². The number of rotatable bonds is 5. The van der Waals surface area contributed by atoms with Crippen LogP contribution >= 0.6 is 11.6 Å². The summed E-state index contributed by atoms with van der Waals surface area (Å²) in [7, 11) is 0. The highest BCUT2D eigenvalue weighted by molar-refractivity contribution is 6.31. The molecule has 0 bridgehead atoms. The van der Waals surface area contributed by atoms with E-state index in [0.29, 0.717) is 5.69 Å². The number of nitrogens with zero attached hydrogens (tertiary/aromatic N) is 4. The normalized spacial score (nSPS) is 11.1. The van der Waals surface area contributed by atoms with Crippen molar-refractivity contribution in [2.45, 2.75) is 6.18 Å². The molecular weight excluding hydrogens is 401 g/mol. The molecule has 0 atom stereocenters. The second kappa shape index (κ2) is 7.64. The van der Waals surface area contributed by atoms with Crippen LogP contribution in [0.25, 0.3) is 0 Å². The average molecular weight is 411 g/mol. The second-order valence-electron chi connectivity index (χ2n) is 5.36. The van der Waals surface area contributed by atoms with Gasteiger partial charge in [-0.1, -0.05) is 11.6 Å². The van der Waals surface area contributed by atoms with E-state index in [1.165, 1.54) is 18.5 Å². The number of hydrogen-bond donors (Lipinski definition) is 2. The Balaban J connectivity index is 1.99. The summed E-state index contributed by atoms with van der Waals surface area (Å²) in [5.41, 5.74) is -1.27. The Morgan fingerprint density at radius 3 is 2.32 bits per heavy atom. The lowest BCUT2D eigenvalue weighted by Gasteiger charge is -2.13. The number of hydrogen-bond acceptors (Lipinski definition) is 7. The van der Waals surface area contributed by atoms with Crippen molar-refractivity contribution in [2.24, 2.45) is 0 Å². The van der Waals surface area contributed by atoms with Gasteiger partial charge in [-0.05, 0) is 30.3 Å². The van der Waals surface area contributed by atoms with Gasteiger partial charge in [0, 0.05) is 11.9 Å². The number of nitro groups is 1. The van der Waals surface area contributed by atoms with Crippen LogP contribution in [0.15, 0.2) is 49.1 Å². The van der Waals surface area contributed by atoms with Gasteiger partial charge in [0.15, 0.2) is 0 Å². The van der Waals surface area contributed by atoms with E-state index in [1.54, 1.807) is 12.1 Å². The fourth-order valence-electron chi connectivity index (χ4n) is 2.27. The third-order valence-corrected chi connectivity index (χ3v) is 3.79. The van der Waals surface area contributed by atoms with Crippen molar-refractivity contribution < 1.29 is 18.1 Å². The fourth-order valence-corrected chi connectivity index (χ4v) is 2.49. The molecule has 0 saturated heterocycles. The van der Waals surface area contributed by atoms with Gasteiger partial charge in [0.05, 0.1) is 27.4 Å². The van der Waals surface area contributed by atoms with Crippen molar-refractivity contribution in [3.63, 3.8) is 0 Å². The molecule has 2 aromatic heterocycles. The molecule has 0 amide bonds. The van der Waals surface area contributed by atoms with Crippen molar-refractivity contribution in [3.8, 4) is 0 Å². The first-order valence-electron chi connectivity index (χ1n) is 7.56. The Morgan fingerprint density at radius 1 is 1.07 bits per heavy atom. The summed E-state index contributed by atoms with van der Waals surface area (Å²) in [4.78, 5) is 22.3. The first-order chi connectivity index (χ1) is 13.3. The molecule has 12 heteroatoms. The number of nitrogens with one attached hydrogen (secondary N) is 2. The van der Waals surface area contributed by atoms with Gasteiger partial charge in [0.2, 0.25) is 11.6 Å². The molecule has 0 aliphatic heterocycles. The number of alkyl halides is 3. The lowest BCUT2D eigenvalue weighted by atomic mass is 10.2. The number of pyridine rings is 1. The molecule has 0 saturated carbocycles. The molecule has 144 valence electrons. The minimum atomic E-state index is -4.68. The molecule has 8 nitrogen and oxygen atoms in total. The number of aromatic nitrogens is 3. The summed E-state index contributed by atoms with van der Waals surface area (Å²) in [6.45, 7) is 0. The number of benzene rings is 1. The second-order valence-corrected chi connectivity index (χ2v) is 5.77. The van der Waals surface area contributed by atoms with Crippen LogP contribution in [-0.4, -0.2) is 19.9 Å². The summed E-state index contributed by atoms with van der Waals surface area (Å²) in [5.74, 6) is -0.442. The van der Waals surface area contributed by atoms with E-state index in [2.05, 4.69) is 25.6 Å². The van der Waals surface area contributed by atoms with Gasteiger partial charge < -0.3 is 10.6 Å². The molecule has 0 unspecified atom stereocenters. The molecular formula is C16H10ClF3N6O2. The smallest absolute Gasteiger partial charge is 0.334 e. The minimum Gasteiger partial charge on any atom is -0.334 e. The molecule has 3 rings (SSSR count). The Labute approximate surface area is 160 Å². The third-order valence-electron chi connectivity index (χ3n) is 3.46. The van der Waals surface area contributed by atoms with Gasteiger partial charge in [-0.2, -0.15) is 13.2 Å². The number of anilines is 4. The van der Waals surface area contributed by atoms with Gasteiger partial charge in [0.25, 0.3) is 0 Å². The summed E-state index contributed by atoms with van der Waals surface area (Å²) in [5, 5.41) is 16.3. The molecule has 0 fully saturated rings. The highest BCUT2D eigenvalue weighted by Gasteiger charge is 2.33. The lowest BCUT2D eigenvalue weighted by Crippen LogP contribution is -2.08. The maximum absolute atomic E-state index is 13.0. The van der Waals surface area contributed by atoms with E-state index >= 15 is 0 Å². The van der Waals surface area contributed by atoms with E-state index in [4.69, 9.17) is 11.6 Å². The van der Waals surface area contributed by atoms with Crippen molar-refractivity contribution in [1.29, 1.82) is 0 Å². The first kappa shape index (κ1) is 19.3. The quantitative estimate of drug-likeness (QED) is 0.453. The highest BCUT2D eigenvalue weighted by Crippen LogP contribution is 2.38. The van der Waals surface area contributed by atoms with Crippen LogP contribution in [-0.2, 0) is 6.18 Å². The number of halogens is 4. The summed E-state index contributed by atoms with van der Waals surface area (Å²) >= 11 is 5.58. The van der Waals surface area contributed by atoms with Gasteiger partial charge in [0.1, 0.15) is 6.33 Å². The van der Waals surface area contributed by atoms with Crippen LogP contribution < -0.4 is 10.6 Å². The van der Waals surface area contributed by atoms with Crippen LogP contribution in [0.5, 0.6) is 0 Å². The molecule has 2 N–H and O–H groups in total. The SMILES string of the molecule is O=[N+]([O-])c1c(Nc2cccnc2)ncnc1Nc1ccc(Cl)c(C(F)(F)F)c1. The van der Waals surface area contributed by atoms with E-state index in [0.717, 1.165) is 18.5 Å². The molecule has 0 radical (unpaired) electrons. The Bertz CT molecular complexity index is 1020. The standard InChI is InChI=1S/C16H10ClF3N6O2/c17-12-4-3-9(6-11(12)16(18,19)20)24-14-13(26(27)28)15(23-8-22-14)25-10-2-1-5-21-7-10/h1-8H,(H2,22,23,24,25). The van der Waals surface area contributed by atoms with Crippen molar-refractivity contribution in [1.82, 2.24) is 15.0 Å². The van der Waals surface area contributed by atoms with Crippen molar-refractivity contribution >= 4 is 40.3 Å². The monoisotopic (exact) mass is 410 g/mol. The van der Waals surface area contributed by atoms with E-state index in [-0.39, 0.29) is 17.3 Å². The molecule has 3 aromatic rings. The van der Waals surface area contributed by atoms with Gasteiger partial charge in [-0.25, -0.2) is 9.97 Å². The first-order valence-corrected chi connectivity index (χ1v) is 7.93. The summed E-state index contributed by atoms with van der Waals surface area (Å²) < 4.78 is 39.1. The minimum absolute atomic E-state index is 0.0779. The van der Waals surface area contributed by atoms with Gasteiger partial charge >= 0.3 is 11.9 Å². The molecule has 1 aromatic carbocycles. The van der Waals surface area contributed by atoms with E-state index < -0.39 is 27.4 Å². The molecule has 0 spiro atoms. The van der Waals surface area contributed by atoms with E-state index in [9.17, 15) is 23.3 Å². The summed E-state index contributed by atoms with van der Waals surface area (Å²) in [6.07, 6.45) is -0.701. The average Bonchev–Trinajstić information content (AvgIpc) is 2.63. The Hall–Kier alpha value is -3.47. The zero-order valence-corrected chi connectivity index (χ0v) is 14.5. The third kappa shape index (κ3) is 4.26. The van der Waals surface area contributed by atoms with Crippen LogP contribution in [0.1, 0.15) is 5.56 Å². The van der Waals surface area contributed by atoms with Gasteiger partial charge in [-0.3, -0.25) is 15.1 Å². The highest BCUT2D eigenvalue weighted by atomic mass is 35.5. The van der Waals surface area contributed by atoms with Crippen molar-refractivity contribution in [3.05, 3.63) is 69.8 Å². The largest absolute Gasteiger partial charge is 0.417 e. The maximum Gasteiger partial charge on any atom is 0.417 e. The topological polar surface area (TPSA) is 106 Å². The Kier molecular flexibility index (Phi) is 5.27. The lowest BCUT2D eigenvalue weighted by molar-refractivity contribution is -0.383. The van der Waals surface area contributed by atoms with E-state index in [1.807, 2.05) is 0 Å². The molecule has 0 aliphatic rings. The zero-order chi connectivity index (χ0) is 20.3. The van der Waals surface area contributed by atoms with Crippen molar-refractivity contribution in [2.75, 3.05) is 10.6 Å². The van der Waals surface area contributed by atoms with Crippen LogP contribution in [0.2, 0.25) is 5.02 Å². The maximum atomic E-state index is 13.0. The molecule has 0 aliphatic carbocycles. The van der Waals surface area contributed by atoms with Crippen LogP contribution in [0, 0.1) is 10.1 Å². The van der Waals surface area contributed by atoms with Crippen LogP contribution in [0.3, 0.4) is 0 Å².